The molecule has 1 heterocycles. The SMILES string of the molecule is NC1CCN(C(=O)C(c2ccccc2)c2ccccc2)CC1. The monoisotopic (exact) mass is 294 g/mol. The van der Waals surface area contributed by atoms with Gasteiger partial charge in [-0.1, -0.05) is 60.7 Å². The number of rotatable bonds is 3. The van der Waals surface area contributed by atoms with Gasteiger partial charge >= 0.3 is 0 Å². The van der Waals surface area contributed by atoms with Crippen molar-refractivity contribution in [2.75, 3.05) is 13.1 Å². The zero-order chi connectivity index (χ0) is 15.4. The second-order valence-electron chi connectivity index (χ2n) is 5.92. The molecule has 2 N–H and O–H groups in total. The molecule has 1 aliphatic rings. The van der Waals surface area contributed by atoms with Crippen LogP contribution in [-0.4, -0.2) is 29.9 Å². The maximum atomic E-state index is 13.1. The summed E-state index contributed by atoms with van der Waals surface area (Å²) in [4.78, 5) is 15.1. The van der Waals surface area contributed by atoms with Gasteiger partial charge in [0.1, 0.15) is 0 Å². The maximum absolute atomic E-state index is 13.1. The number of nitrogens with two attached hydrogens (primary N) is 1. The van der Waals surface area contributed by atoms with Crippen LogP contribution in [0.1, 0.15) is 29.9 Å². The highest BCUT2D eigenvalue weighted by Crippen LogP contribution is 2.27. The first kappa shape index (κ1) is 14.8. The Hall–Kier alpha value is -2.13. The molecule has 3 nitrogen and oxygen atoms in total. The lowest BCUT2D eigenvalue weighted by Crippen LogP contribution is -2.44. The lowest BCUT2D eigenvalue weighted by molar-refractivity contribution is -0.132. The summed E-state index contributed by atoms with van der Waals surface area (Å²) >= 11 is 0. The Morgan fingerprint density at radius 1 is 0.909 bits per heavy atom. The Morgan fingerprint density at radius 3 is 1.82 bits per heavy atom. The summed E-state index contributed by atoms with van der Waals surface area (Å²) in [6.07, 6.45) is 1.78. The van der Waals surface area contributed by atoms with E-state index in [1.807, 2.05) is 65.6 Å². The minimum atomic E-state index is -0.225. The van der Waals surface area contributed by atoms with Crippen molar-refractivity contribution in [1.82, 2.24) is 4.90 Å². The van der Waals surface area contributed by atoms with Gasteiger partial charge in [-0.05, 0) is 24.0 Å². The minimum absolute atomic E-state index is 0.185. The van der Waals surface area contributed by atoms with Gasteiger partial charge in [0.2, 0.25) is 5.91 Å². The fourth-order valence-corrected chi connectivity index (χ4v) is 3.07. The second kappa shape index (κ2) is 6.75. The van der Waals surface area contributed by atoms with Gasteiger partial charge in [-0.2, -0.15) is 0 Å². The van der Waals surface area contributed by atoms with Gasteiger partial charge in [0.05, 0.1) is 5.92 Å². The quantitative estimate of drug-likeness (QED) is 0.946. The van der Waals surface area contributed by atoms with E-state index in [2.05, 4.69) is 0 Å². The molecule has 0 spiro atoms. The number of carbonyl (C=O) groups is 1. The topological polar surface area (TPSA) is 46.3 Å². The van der Waals surface area contributed by atoms with Crippen molar-refractivity contribution in [3.63, 3.8) is 0 Å². The highest BCUT2D eigenvalue weighted by atomic mass is 16.2. The molecule has 3 heteroatoms. The van der Waals surface area contributed by atoms with Crippen LogP contribution in [0.4, 0.5) is 0 Å². The van der Waals surface area contributed by atoms with Crippen molar-refractivity contribution < 1.29 is 4.79 Å². The summed E-state index contributed by atoms with van der Waals surface area (Å²) < 4.78 is 0. The van der Waals surface area contributed by atoms with E-state index in [1.165, 1.54) is 0 Å². The van der Waals surface area contributed by atoms with Crippen LogP contribution < -0.4 is 5.73 Å². The Bertz CT molecular complexity index is 564. The largest absolute Gasteiger partial charge is 0.342 e. The normalized spacial score (nSPS) is 16.0. The van der Waals surface area contributed by atoms with Crippen LogP contribution in [0.15, 0.2) is 60.7 Å². The summed E-state index contributed by atoms with van der Waals surface area (Å²) in [5, 5.41) is 0. The Morgan fingerprint density at radius 2 is 1.36 bits per heavy atom. The third-order valence-corrected chi connectivity index (χ3v) is 4.36. The molecule has 0 unspecified atom stereocenters. The van der Waals surface area contributed by atoms with E-state index in [1.54, 1.807) is 0 Å². The predicted molar refractivity (Wildman–Crippen MR) is 88.5 cm³/mol. The summed E-state index contributed by atoms with van der Waals surface area (Å²) in [5.41, 5.74) is 8.06. The maximum Gasteiger partial charge on any atom is 0.234 e. The van der Waals surface area contributed by atoms with E-state index >= 15 is 0 Å². The van der Waals surface area contributed by atoms with Gasteiger partial charge in [-0.15, -0.1) is 0 Å². The first-order valence-electron chi connectivity index (χ1n) is 7.90. The number of nitrogens with zero attached hydrogens (tertiary/aromatic N) is 1. The molecule has 1 fully saturated rings. The van der Waals surface area contributed by atoms with E-state index in [-0.39, 0.29) is 17.9 Å². The van der Waals surface area contributed by atoms with Crippen LogP contribution in [0.25, 0.3) is 0 Å². The van der Waals surface area contributed by atoms with Crippen LogP contribution in [0, 0.1) is 0 Å². The molecular weight excluding hydrogens is 272 g/mol. The van der Waals surface area contributed by atoms with Crippen LogP contribution in [0.5, 0.6) is 0 Å². The first-order valence-corrected chi connectivity index (χ1v) is 7.90. The molecule has 3 rings (SSSR count). The Balaban J connectivity index is 1.90. The third-order valence-electron chi connectivity index (χ3n) is 4.36. The number of hydrogen-bond donors (Lipinski definition) is 1. The third kappa shape index (κ3) is 3.20. The smallest absolute Gasteiger partial charge is 0.234 e. The molecule has 1 amide bonds. The van der Waals surface area contributed by atoms with Gasteiger partial charge in [0.15, 0.2) is 0 Å². The fourth-order valence-electron chi connectivity index (χ4n) is 3.07. The van der Waals surface area contributed by atoms with E-state index in [0.717, 1.165) is 37.1 Å². The number of carbonyl (C=O) groups excluding carboxylic acids is 1. The molecule has 114 valence electrons. The van der Waals surface area contributed by atoms with E-state index in [9.17, 15) is 4.79 Å². The summed E-state index contributed by atoms with van der Waals surface area (Å²) in [6.45, 7) is 1.52. The molecule has 2 aromatic carbocycles. The zero-order valence-corrected chi connectivity index (χ0v) is 12.7. The molecular formula is C19H22N2O. The van der Waals surface area contributed by atoms with E-state index in [4.69, 9.17) is 5.73 Å². The predicted octanol–water partition coefficient (Wildman–Crippen LogP) is 2.77. The van der Waals surface area contributed by atoms with Crippen molar-refractivity contribution in [3.05, 3.63) is 71.8 Å². The van der Waals surface area contributed by atoms with E-state index in [0.29, 0.717) is 0 Å². The van der Waals surface area contributed by atoms with Gasteiger partial charge in [-0.25, -0.2) is 0 Å². The number of hydrogen-bond acceptors (Lipinski definition) is 2. The van der Waals surface area contributed by atoms with Crippen LogP contribution in [-0.2, 0) is 4.79 Å². The molecule has 1 aliphatic heterocycles. The molecule has 22 heavy (non-hydrogen) atoms. The Kier molecular flexibility index (Phi) is 4.54. The molecule has 0 bridgehead atoms. The average molecular weight is 294 g/mol. The fraction of sp³-hybridized carbons (Fsp3) is 0.316. The summed E-state index contributed by atoms with van der Waals surface area (Å²) in [6, 6.07) is 20.3. The molecule has 0 radical (unpaired) electrons. The zero-order valence-electron chi connectivity index (χ0n) is 12.7. The average Bonchev–Trinajstić information content (AvgIpc) is 2.57. The first-order chi connectivity index (χ1) is 10.8. The van der Waals surface area contributed by atoms with Crippen molar-refractivity contribution in [1.29, 1.82) is 0 Å². The molecule has 1 saturated heterocycles. The highest BCUT2D eigenvalue weighted by molar-refractivity contribution is 5.87. The standard InChI is InChI=1S/C19H22N2O/c20-17-11-13-21(14-12-17)19(22)18(15-7-3-1-4-8-15)16-9-5-2-6-10-16/h1-10,17-18H,11-14,20H2. The lowest BCUT2D eigenvalue weighted by atomic mass is 9.89. The second-order valence-corrected chi connectivity index (χ2v) is 5.92. The van der Waals surface area contributed by atoms with E-state index < -0.39 is 0 Å². The van der Waals surface area contributed by atoms with Crippen LogP contribution in [0.2, 0.25) is 0 Å². The van der Waals surface area contributed by atoms with Crippen LogP contribution >= 0.6 is 0 Å². The Labute approximate surface area is 131 Å². The number of piperidine rings is 1. The highest BCUT2D eigenvalue weighted by Gasteiger charge is 2.29. The minimum Gasteiger partial charge on any atom is -0.342 e. The van der Waals surface area contributed by atoms with Crippen molar-refractivity contribution in [3.8, 4) is 0 Å². The number of likely N-dealkylation sites (tertiary alicyclic amines) is 1. The van der Waals surface area contributed by atoms with Crippen LogP contribution in [0.3, 0.4) is 0 Å². The summed E-state index contributed by atoms with van der Waals surface area (Å²) in [7, 11) is 0. The lowest BCUT2D eigenvalue weighted by Gasteiger charge is -2.33. The molecule has 0 saturated carbocycles. The van der Waals surface area contributed by atoms with Crippen molar-refractivity contribution >= 4 is 5.91 Å². The molecule has 0 aliphatic carbocycles. The van der Waals surface area contributed by atoms with Gasteiger partial charge in [0.25, 0.3) is 0 Å². The van der Waals surface area contributed by atoms with Gasteiger partial charge < -0.3 is 10.6 Å². The molecule has 0 atom stereocenters. The summed E-state index contributed by atoms with van der Waals surface area (Å²) in [5.74, 6) is -0.0407. The molecule has 2 aromatic rings. The van der Waals surface area contributed by atoms with Gasteiger partial charge in [-0.3, -0.25) is 4.79 Å². The molecule has 0 aromatic heterocycles. The van der Waals surface area contributed by atoms with Crippen molar-refractivity contribution in [2.24, 2.45) is 5.73 Å². The van der Waals surface area contributed by atoms with Crippen molar-refractivity contribution in [2.45, 2.75) is 24.8 Å². The number of benzene rings is 2. The van der Waals surface area contributed by atoms with Gasteiger partial charge in [0, 0.05) is 19.1 Å². The number of amides is 1.